The molecule has 0 spiro atoms. The van der Waals surface area contributed by atoms with E-state index in [4.69, 9.17) is 10.00 Å². The lowest BCUT2D eigenvalue weighted by atomic mass is 9.75. The third-order valence-corrected chi connectivity index (χ3v) is 3.76. The van der Waals surface area contributed by atoms with E-state index in [9.17, 15) is 0 Å². The fourth-order valence-electron chi connectivity index (χ4n) is 1.83. The molecule has 1 aromatic rings. The van der Waals surface area contributed by atoms with E-state index in [0.29, 0.717) is 0 Å². The van der Waals surface area contributed by atoms with Gasteiger partial charge in [0.25, 0.3) is 0 Å². The van der Waals surface area contributed by atoms with Gasteiger partial charge in [-0.15, -0.1) is 11.3 Å². The zero-order valence-corrected chi connectivity index (χ0v) is 9.51. The zero-order chi connectivity index (χ0) is 10.7. The van der Waals surface area contributed by atoms with Gasteiger partial charge in [-0.1, -0.05) is 6.07 Å². The van der Waals surface area contributed by atoms with Crippen molar-refractivity contribution in [2.24, 2.45) is 0 Å². The normalized spacial score (nSPS) is 29.5. The van der Waals surface area contributed by atoms with Crippen LogP contribution in [0.25, 0.3) is 0 Å². The van der Waals surface area contributed by atoms with Crippen LogP contribution < -0.4 is 5.32 Å². The van der Waals surface area contributed by atoms with Crippen molar-refractivity contribution in [1.29, 1.82) is 5.26 Å². The highest BCUT2D eigenvalue weighted by Gasteiger charge is 2.44. The maximum Gasteiger partial charge on any atom is 0.112 e. The van der Waals surface area contributed by atoms with E-state index < -0.39 is 0 Å². The van der Waals surface area contributed by atoms with Gasteiger partial charge in [-0.3, -0.25) is 5.32 Å². The van der Waals surface area contributed by atoms with E-state index in [2.05, 4.69) is 22.8 Å². The highest BCUT2D eigenvalue weighted by Crippen LogP contribution is 2.34. The van der Waals surface area contributed by atoms with Crippen LogP contribution in [0.15, 0.2) is 17.5 Å². The van der Waals surface area contributed by atoms with Gasteiger partial charge in [-0.05, 0) is 11.4 Å². The van der Waals surface area contributed by atoms with Gasteiger partial charge in [0, 0.05) is 31.4 Å². The lowest BCUT2D eigenvalue weighted by molar-refractivity contribution is -0.00816. The largest absolute Gasteiger partial charge is 0.381 e. The topological polar surface area (TPSA) is 45.0 Å². The minimum absolute atomic E-state index is 0.250. The van der Waals surface area contributed by atoms with E-state index in [1.165, 1.54) is 4.88 Å². The number of nitriles is 1. The molecular weight excluding hydrogens is 208 g/mol. The SMILES string of the molecule is COC1CC(C#N)(NCc2cccs2)C1. The second-order valence-electron chi connectivity index (χ2n) is 3.89. The number of hydrogen-bond donors (Lipinski definition) is 1. The third-order valence-electron chi connectivity index (χ3n) is 2.88. The van der Waals surface area contributed by atoms with Gasteiger partial charge in [0.05, 0.1) is 12.2 Å². The molecule has 1 N–H and O–H groups in total. The van der Waals surface area contributed by atoms with Crippen LogP contribution in [0.2, 0.25) is 0 Å². The first-order valence-corrected chi connectivity index (χ1v) is 5.87. The lowest BCUT2D eigenvalue weighted by Gasteiger charge is -2.42. The Balaban J connectivity index is 1.86. The van der Waals surface area contributed by atoms with Crippen LogP contribution in [-0.2, 0) is 11.3 Å². The molecule has 0 amide bonds. The Bertz CT molecular complexity index is 349. The van der Waals surface area contributed by atoms with Crippen molar-refractivity contribution in [3.8, 4) is 6.07 Å². The molecule has 2 rings (SSSR count). The van der Waals surface area contributed by atoms with Crippen LogP contribution in [0.4, 0.5) is 0 Å². The zero-order valence-electron chi connectivity index (χ0n) is 8.69. The fraction of sp³-hybridized carbons (Fsp3) is 0.545. The van der Waals surface area contributed by atoms with Crippen molar-refractivity contribution >= 4 is 11.3 Å². The molecule has 0 aromatic carbocycles. The molecule has 0 unspecified atom stereocenters. The van der Waals surface area contributed by atoms with Crippen molar-refractivity contribution in [2.45, 2.75) is 31.0 Å². The molecule has 0 saturated heterocycles. The molecule has 1 heterocycles. The maximum atomic E-state index is 9.11. The van der Waals surface area contributed by atoms with E-state index in [0.717, 1.165) is 19.4 Å². The summed E-state index contributed by atoms with van der Waals surface area (Å²) in [6, 6.07) is 6.46. The molecule has 0 atom stereocenters. The molecule has 80 valence electrons. The quantitative estimate of drug-likeness (QED) is 0.846. The Hall–Kier alpha value is -0.890. The van der Waals surface area contributed by atoms with Gasteiger partial charge in [0.2, 0.25) is 0 Å². The molecule has 1 aromatic heterocycles. The maximum absolute atomic E-state index is 9.11. The third kappa shape index (κ3) is 2.20. The lowest BCUT2D eigenvalue weighted by Crippen LogP contribution is -2.56. The second kappa shape index (κ2) is 4.31. The number of thiophene rings is 1. The smallest absolute Gasteiger partial charge is 0.112 e. The molecular formula is C11H14N2OS. The standard InChI is InChI=1S/C11H14N2OS/c1-14-9-5-11(6-9,8-12)13-7-10-3-2-4-15-10/h2-4,9,13H,5-7H2,1H3. The molecule has 1 aliphatic carbocycles. The van der Waals surface area contributed by atoms with Gasteiger partial charge >= 0.3 is 0 Å². The monoisotopic (exact) mass is 222 g/mol. The molecule has 0 aliphatic heterocycles. The minimum Gasteiger partial charge on any atom is -0.381 e. The Kier molecular flexibility index (Phi) is 3.06. The molecule has 0 bridgehead atoms. The van der Waals surface area contributed by atoms with Crippen molar-refractivity contribution < 1.29 is 4.74 Å². The van der Waals surface area contributed by atoms with Crippen LogP contribution >= 0.6 is 11.3 Å². The van der Waals surface area contributed by atoms with Gasteiger partial charge in [0.1, 0.15) is 5.54 Å². The number of ether oxygens (including phenoxy) is 1. The van der Waals surface area contributed by atoms with E-state index in [1.54, 1.807) is 18.4 Å². The average Bonchev–Trinajstić information content (AvgIpc) is 2.70. The number of rotatable bonds is 4. The van der Waals surface area contributed by atoms with E-state index in [-0.39, 0.29) is 11.6 Å². The van der Waals surface area contributed by atoms with Crippen molar-refractivity contribution in [3.63, 3.8) is 0 Å². The number of methoxy groups -OCH3 is 1. The van der Waals surface area contributed by atoms with E-state index in [1.807, 2.05) is 6.07 Å². The summed E-state index contributed by atoms with van der Waals surface area (Å²) in [5.74, 6) is 0. The highest BCUT2D eigenvalue weighted by atomic mass is 32.1. The molecule has 3 nitrogen and oxygen atoms in total. The van der Waals surface area contributed by atoms with Gasteiger partial charge in [-0.2, -0.15) is 5.26 Å². The Morgan fingerprint density at radius 3 is 3.07 bits per heavy atom. The Morgan fingerprint density at radius 2 is 2.53 bits per heavy atom. The Labute approximate surface area is 93.7 Å². The molecule has 1 saturated carbocycles. The predicted octanol–water partition coefficient (Wildman–Crippen LogP) is 1.91. The van der Waals surface area contributed by atoms with Crippen molar-refractivity contribution in [3.05, 3.63) is 22.4 Å². The summed E-state index contributed by atoms with van der Waals surface area (Å²) < 4.78 is 5.19. The summed E-state index contributed by atoms with van der Waals surface area (Å²) in [7, 11) is 1.70. The summed E-state index contributed by atoms with van der Waals surface area (Å²) in [6.45, 7) is 0.779. The van der Waals surface area contributed by atoms with Crippen LogP contribution in [0.5, 0.6) is 0 Å². The summed E-state index contributed by atoms with van der Waals surface area (Å²) in [6.07, 6.45) is 1.84. The Morgan fingerprint density at radius 1 is 1.73 bits per heavy atom. The number of nitrogens with one attached hydrogen (secondary N) is 1. The van der Waals surface area contributed by atoms with Gasteiger partial charge < -0.3 is 4.74 Å². The summed E-state index contributed by atoms with van der Waals surface area (Å²) >= 11 is 1.71. The molecule has 1 aliphatic rings. The van der Waals surface area contributed by atoms with Crippen LogP contribution in [0.3, 0.4) is 0 Å². The van der Waals surface area contributed by atoms with E-state index >= 15 is 0 Å². The van der Waals surface area contributed by atoms with Crippen molar-refractivity contribution in [2.75, 3.05) is 7.11 Å². The summed E-state index contributed by atoms with van der Waals surface area (Å²) in [5.41, 5.74) is -0.356. The summed E-state index contributed by atoms with van der Waals surface area (Å²) in [4.78, 5) is 1.27. The van der Waals surface area contributed by atoms with Crippen LogP contribution in [0, 0.1) is 11.3 Å². The second-order valence-corrected chi connectivity index (χ2v) is 4.93. The van der Waals surface area contributed by atoms with Crippen molar-refractivity contribution in [1.82, 2.24) is 5.32 Å². The first-order chi connectivity index (χ1) is 7.28. The molecule has 4 heteroatoms. The predicted molar refractivity (Wildman–Crippen MR) is 59.5 cm³/mol. The van der Waals surface area contributed by atoms with Crippen LogP contribution in [0.1, 0.15) is 17.7 Å². The first-order valence-electron chi connectivity index (χ1n) is 4.99. The minimum atomic E-state index is -0.356. The molecule has 15 heavy (non-hydrogen) atoms. The molecule has 0 radical (unpaired) electrons. The average molecular weight is 222 g/mol. The number of nitrogens with zero attached hydrogens (tertiary/aromatic N) is 1. The number of hydrogen-bond acceptors (Lipinski definition) is 4. The van der Waals surface area contributed by atoms with Crippen LogP contribution in [-0.4, -0.2) is 18.8 Å². The van der Waals surface area contributed by atoms with Gasteiger partial charge in [0.15, 0.2) is 0 Å². The first kappa shape index (κ1) is 10.6. The summed E-state index contributed by atoms with van der Waals surface area (Å²) in [5, 5.41) is 14.5. The fourth-order valence-corrected chi connectivity index (χ4v) is 2.47. The highest BCUT2D eigenvalue weighted by molar-refractivity contribution is 7.09. The molecule has 1 fully saturated rings. The van der Waals surface area contributed by atoms with Gasteiger partial charge in [-0.25, -0.2) is 0 Å².